The molecule has 6 nitrogen and oxygen atoms in total. The third kappa shape index (κ3) is 4.34. The summed E-state index contributed by atoms with van der Waals surface area (Å²) in [6, 6.07) is 10.8. The van der Waals surface area contributed by atoms with Gasteiger partial charge in [-0.2, -0.15) is 4.31 Å². The lowest BCUT2D eigenvalue weighted by Crippen LogP contribution is -2.49. The van der Waals surface area contributed by atoms with Crippen molar-refractivity contribution in [3.8, 4) is 11.3 Å². The third-order valence-corrected chi connectivity index (χ3v) is 9.25. The van der Waals surface area contributed by atoms with E-state index in [2.05, 4.69) is 29.4 Å². The van der Waals surface area contributed by atoms with Gasteiger partial charge in [-0.25, -0.2) is 13.4 Å². The van der Waals surface area contributed by atoms with Crippen molar-refractivity contribution in [2.24, 2.45) is 0 Å². The summed E-state index contributed by atoms with van der Waals surface area (Å²) in [6.07, 6.45) is 3.06. The number of carbonyl (C=O) groups excluding carboxylic acids is 1. The SMILES string of the molecule is CCc1ccc(-c2csc(NC(=O)C3CCCCN3S(=O)(=O)c3cccs3)n2)cc1. The minimum absolute atomic E-state index is 0.272. The summed E-state index contributed by atoms with van der Waals surface area (Å²) in [6.45, 7) is 2.46. The molecule has 4 rings (SSSR count). The second kappa shape index (κ2) is 8.97. The minimum Gasteiger partial charge on any atom is -0.301 e. The van der Waals surface area contributed by atoms with E-state index in [1.54, 1.807) is 17.5 Å². The quantitative estimate of drug-likeness (QED) is 0.581. The monoisotopic (exact) mass is 461 g/mol. The number of amides is 1. The van der Waals surface area contributed by atoms with Crippen molar-refractivity contribution >= 4 is 43.7 Å². The molecule has 0 bridgehead atoms. The number of hydrogen-bond donors (Lipinski definition) is 1. The molecule has 1 aliphatic rings. The molecule has 0 spiro atoms. The smallest absolute Gasteiger partial charge is 0.253 e. The first-order valence-corrected chi connectivity index (χ1v) is 13.1. The largest absolute Gasteiger partial charge is 0.301 e. The van der Waals surface area contributed by atoms with Gasteiger partial charge in [-0.3, -0.25) is 4.79 Å². The molecule has 0 radical (unpaired) electrons. The zero-order chi connectivity index (χ0) is 21.1. The molecular formula is C21H23N3O3S3. The van der Waals surface area contributed by atoms with Gasteiger partial charge in [0.1, 0.15) is 10.3 Å². The van der Waals surface area contributed by atoms with Crippen LogP contribution in [-0.2, 0) is 21.2 Å². The van der Waals surface area contributed by atoms with Gasteiger partial charge in [-0.1, -0.05) is 43.7 Å². The van der Waals surface area contributed by atoms with Gasteiger partial charge >= 0.3 is 0 Å². The second-order valence-electron chi connectivity index (χ2n) is 7.14. The van der Waals surface area contributed by atoms with E-state index in [9.17, 15) is 13.2 Å². The van der Waals surface area contributed by atoms with Gasteiger partial charge in [0.15, 0.2) is 5.13 Å². The first-order chi connectivity index (χ1) is 14.5. The van der Waals surface area contributed by atoms with Crippen LogP contribution in [0.1, 0.15) is 31.7 Å². The summed E-state index contributed by atoms with van der Waals surface area (Å²) in [5, 5.41) is 6.95. The molecule has 3 aromatic rings. The number of sulfonamides is 1. The lowest BCUT2D eigenvalue weighted by atomic mass is 10.0. The Bertz CT molecular complexity index is 1110. The molecule has 1 aliphatic heterocycles. The lowest BCUT2D eigenvalue weighted by Gasteiger charge is -2.32. The summed E-state index contributed by atoms with van der Waals surface area (Å²) in [5.74, 6) is -0.322. The van der Waals surface area contributed by atoms with Crippen LogP contribution in [0.3, 0.4) is 0 Å². The predicted octanol–water partition coefficient (Wildman–Crippen LogP) is 4.62. The zero-order valence-corrected chi connectivity index (χ0v) is 19.0. The summed E-state index contributed by atoms with van der Waals surface area (Å²) in [5.41, 5.74) is 3.04. The molecule has 1 saturated heterocycles. The van der Waals surface area contributed by atoms with Crippen molar-refractivity contribution < 1.29 is 13.2 Å². The number of thiophene rings is 1. The number of rotatable bonds is 6. The minimum atomic E-state index is -3.68. The molecule has 0 saturated carbocycles. The average molecular weight is 462 g/mol. The van der Waals surface area contributed by atoms with E-state index >= 15 is 0 Å². The topological polar surface area (TPSA) is 79.4 Å². The molecule has 1 fully saturated rings. The maximum absolute atomic E-state index is 13.0. The van der Waals surface area contributed by atoms with Crippen LogP contribution in [0, 0.1) is 0 Å². The van der Waals surface area contributed by atoms with Crippen LogP contribution in [0.2, 0.25) is 0 Å². The van der Waals surface area contributed by atoms with Crippen molar-refractivity contribution in [3.63, 3.8) is 0 Å². The molecule has 1 atom stereocenters. The molecule has 9 heteroatoms. The number of thiazole rings is 1. The molecule has 2 aromatic heterocycles. The molecule has 3 heterocycles. The maximum Gasteiger partial charge on any atom is 0.253 e. The average Bonchev–Trinajstić information content (AvgIpc) is 3.47. The van der Waals surface area contributed by atoms with Gasteiger partial charge in [-0.05, 0) is 36.3 Å². The number of aromatic nitrogens is 1. The number of carbonyl (C=O) groups is 1. The Hall–Kier alpha value is -2.07. The van der Waals surface area contributed by atoms with Crippen molar-refractivity contribution in [1.82, 2.24) is 9.29 Å². The van der Waals surface area contributed by atoms with Crippen molar-refractivity contribution in [2.75, 3.05) is 11.9 Å². The van der Waals surface area contributed by atoms with Crippen molar-refractivity contribution in [3.05, 3.63) is 52.7 Å². The second-order valence-corrected chi connectivity index (χ2v) is 11.1. The highest BCUT2D eigenvalue weighted by atomic mass is 32.2. The Kier molecular flexibility index (Phi) is 6.33. The Morgan fingerprint density at radius 1 is 1.20 bits per heavy atom. The molecular weight excluding hydrogens is 438 g/mol. The van der Waals surface area contributed by atoms with E-state index in [-0.39, 0.29) is 10.1 Å². The molecule has 158 valence electrons. The van der Waals surface area contributed by atoms with Gasteiger partial charge in [0, 0.05) is 17.5 Å². The van der Waals surface area contributed by atoms with Crippen LogP contribution < -0.4 is 5.32 Å². The van der Waals surface area contributed by atoms with Crippen molar-refractivity contribution in [1.29, 1.82) is 0 Å². The molecule has 1 unspecified atom stereocenters. The van der Waals surface area contributed by atoms with Crippen LogP contribution in [0.5, 0.6) is 0 Å². The number of aryl methyl sites for hydroxylation is 1. The van der Waals surface area contributed by atoms with Crippen LogP contribution >= 0.6 is 22.7 Å². The maximum atomic E-state index is 13.0. The summed E-state index contributed by atoms with van der Waals surface area (Å²) in [7, 11) is -3.68. The van der Waals surface area contributed by atoms with E-state index < -0.39 is 16.1 Å². The standard InChI is InChI=1S/C21H23N3O3S3/c1-2-15-8-10-16(11-9-15)17-14-29-21(22-17)23-20(25)18-6-3-4-12-24(18)30(26,27)19-7-5-13-28-19/h5,7-11,13-14,18H,2-4,6,12H2,1H3,(H,22,23,25). The van der Waals surface area contributed by atoms with Crippen molar-refractivity contribution in [2.45, 2.75) is 42.9 Å². The van der Waals surface area contributed by atoms with Crippen LogP contribution in [0.25, 0.3) is 11.3 Å². The summed E-state index contributed by atoms with van der Waals surface area (Å²) < 4.78 is 27.6. The van der Waals surface area contributed by atoms with Crippen LogP contribution in [-0.4, -0.2) is 36.2 Å². The number of nitrogens with zero attached hydrogens (tertiary/aromatic N) is 2. The normalized spacial score (nSPS) is 17.7. The fraction of sp³-hybridized carbons (Fsp3) is 0.333. The highest BCUT2D eigenvalue weighted by Crippen LogP contribution is 2.30. The number of hydrogen-bond acceptors (Lipinski definition) is 6. The van der Waals surface area contributed by atoms with Gasteiger partial charge in [-0.15, -0.1) is 22.7 Å². The Morgan fingerprint density at radius 2 is 2.00 bits per heavy atom. The highest BCUT2D eigenvalue weighted by Gasteiger charge is 2.38. The van der Waals surface area contributed by atoms with Gasteiger partial charge in [0.25, 0.3) is 10.0 Å². The lowest BCUT2D eigenvalue weighted by molar-refractivity contribution is -0.120. The number of piperidine rings is 1. The first kappa shape index (κ1) is 21.2. The highest BCUT2D eigenvalue weighted by molar-refractivity contribution is 7.91. The van der Waals surface area contributed by atoms with Gasteiger partial charge in [0.2, 0.25) is 5.91 Å². The molecule has 0 aliphatic carbocycles. The fourth-order valence-corrected chi connectivity index (χ4v) is 7.04. The van der Waals surface area contributed by atoms with Crippen LogP contribution in [0.4, 0.5) is 5.13 Å². The summed E-state index contributed by atoms with van der Waals surface area (Å²) in [4.78, 5) is 17.5. The number of anilines is 1. The fourth-order valence-electron chi connectivity index (χ4n) is 3.54. The molecule has 1 N–H and O–H groups in total. The van der Waals surface area contributed by atoms with E-state index in [0.717, 1.165) is 30.5 Å². The van der Waals surface area contributed by atoms with E-state index in [4.69, 9.17) is 0 Å². The van der Waals surface area contributed by atoms with Gasteiger partial charge < -0.3 is 5.32 Å². The van der Waals surface area contributed by atoms with E-state index in [1.807, 2.05) is 17.5 Å². The molecule has 30 heavy (non-hydrogen) atoms. The Morgan fingerprint density at radius 3 is 2.70 bits per heavy atom. The third-order valence-electron chi connectivity index (χ3n) is 5.21. The number of benzene rings is 1. The molecule has 1 amide bonds. The van der Waals surface area contributed by atoms with Crippen LogP contribution in [0.15, 0.2) is 51.4 Å². The first-order valence-electron chi connectivity index (χ1n) is 9.90. The zero-order valence-electron chi connectivity index (χ0n) is 16.6. The van der Waals surface area contributed by atoms with E-state index in [0.29, 0.717) is 18.1 Å². The predicted molar refractivity (Wildman–Crippen MR) is 121 cm³/mol. The number of nitrogens with one attached hydrogen (secondary N) is 1. The Balaban J connectivity index is 1.50. The van der Waals surface area contributed by atoms with Gasteiger partial charge in [0.05, 0.1) is 5.69 Å². The van der Waals surface area contributed by atoms with E-state index in [1.165, 1.54) is 32.5 Å². The molecule has 1 aromatic carbocycles. The Labute approximate surface area is 184 Å². The summed E-state index contributed by atoms with van der Waals surface area (Å²) >= 11 is 2.52.